The van der Waals surface area contributed by atoms with Gasteiger partial charge in [-0.1, -0.05) is 55.9 Å². The third-order valence-electron chi connectivity index (χ3n) is 1.98. The van der Waals surface area contributed by atoms with E-state index in [9.17, 15) is 0 Å². The van der Waals surface area contributed by atoms with Gasteiger partial charge >= 0.3 is 0 Å². The van der Waals surface area contributed by atoms with E-state index in [1.165, 1.54) is 11.8 Å². The molecule has 0 aliphatic heterocycles. The van der Waals surface area contributed by atoms with Crippen LogP contribution in [-0.4, -0.2) is 6.71 Å². The topological polar surface area (TPSA) is 0 Å². The monoisotopic (exact) mass is 132 g/mol. The van der Waals surface area contributed by atoms with E-state index >= 15 is 0 Å². The van der Waals surface area contributed by atoms with E-state index in [1.54, 1.807) is 0 Å². The third kappa shape index (κ3) is 1.63. The van der Waals surface area contributed by atoms with Crippen LogP contribution in [0.5, 0.6) is 0 Å². The molecule has 1 aromatic rings. The van der Waals surface area contributed by atoms with Gasteiger partial charge in [-0.25, -0.2) is 0 Å². The van der Waals surface area contributed by atoms with Crippen molar-refractivity contribution in [2.75, 3.05) is 0 Å². The minimum atomic E-state index is 0.709. The maximum absolute atomic E-state index is 2.26. The standard InChI is InChI=1S/C9H13B/c1-3-10(2)9-7-5-4-6-8-9/h4-8H,3H2,1-2H3. The van der Waals surface area contributed by atoms with Crippen LogP contribution in [0.4, 0.5) is 0 Å². The smallest absolute Gasteiger partial charge is 0.0817 e. The molecule has 10 heavy (non-hydrogen) atoms. The minimum absolute atomic E-state index is 0.709. The van der Waals surface area contributed by atoms with E-state index in [2.05, 4.69) is 44.1 Å². The Hall–Kier alpha value is -0.715. The van der Waals surface area contributed by atoms with Crippen molar-refractivity contribution in [2.24, 2.45) is 0 Å². The number of hydrogen-bond donors (Lipinski definition) is 0. The minimum Gasteiger partial charge on any atom is -0.0817 e. The molecule has 0 fully saturated rings. The first-order valence-electron chi connectivity index (χ1n) is 3.89. The summed E-state index contributed by atoms with van der Waals surface area (Å²) in [5, 5.41) is 0. The summed E-state index contributed by atoms with van der Waals surface area (Å²) in [6.45, 7) is 5.19. The molecule has 0 radical (unpaired) electrons. The van der Waals surface area contributed by atoms with Crippen LogP contribution in [0.2, 0.25) is 13.1 Å². The average Bonchev–Trinajstić information content (AvgIpc) is 2.05. The van der Waals surface area contributed by atoms with Crippen molar-refractivity contribution in [1.82, 2.24) is 0 Å². The first-order chi connectivity index (χ1) is 4.84. The first-order valence-corrected chi connectivity index (χ1v) is 3.89. The molecular formula is C9H13B. The highest BCUT2D eigenvalue weighted by molar-refractivity contribution is 6.71. The molecule has 0 aliphatic rings. The molecular weight excluding hydrogens is 119 g/mol. The van der Waals surface area contributed by atoms with Crippen LogP contribution < -0.4 is 5.46 Å². The second-order valence-electron chi connectivity index (χ2n) is 2.72. The molecule has 1 aromatic carbocycles. The Labute approximate surface area is 63.3 Å². The van der Waals surface area contributed by atoms with Gasteiger partial charge in [-0.3, -0.25) is 0 Å². The lowest BCUT2D eigenvalue weighted by Crippen LogP contribution is -2.24. The third-order valence-corrected chi connectivity index (χ3v) is 1.98. The van der Waals surface area contributed by atoms with E-state index in [0.717, 1.165) is 0 Å². The van der Waals surface area contributed by atoms with E-state index in [0.29, 0.717) is 6.71 Å². The molecule has 0 nitrogen and oxygen atoms in total. The summed E-state index contributed by atoms with van der Waals surface area (Å²) in [6, 6.07) is 10.6. The highest BCUT2D eigenvalue weighted by Crippen LogP contribution is 1.92. The fraction of sp³-hybridized carbons (Fsp3) is 0.333. The number of hydrogen-bond acceptors (Lipinski definition) is 0. The molecule has 0 saturated heterocycles. The van der Waals surface area contributed by atoms with Gasteiger partial charge in [0.2, 0.25) is 0 Å². The van der Waals surface area contributed by atoms with Gasteiger partial charge in [0.25, 0.3) is 0 Å². The van der Waals surface area contributed by atoms with Crippen molar-refractivity contribution < 1.29 is 0 Å². The van der Waals surface area contributed by atoms with Crippen LogP contribution >= 0.6 is 0 Å². The molecule has 0 bridgehead atoms. The Morgan fingerprint density at radius 3 is 2.30 bits per heavy atom. The first kappa shape index (κ1) is 7.39. The van der Waals surface area contributed by atoms with E-state index in [4.69, 9.17) is 0 Å². The molecule has 0 aromatic heterocycles. The molecule has 0 N–H and O–H groups in total. The zero-order valence-corrected chi connectivity index (χ0v) is 6.67. The van der Waals surface area contributed by atoms with E-state index < -0.39 is 0 Å². The van der Waals surface area contributed by atoms with Gasteiger partial charge in [0.05, 0.1) is 0 Å². The van der Waals surface area contributed by atoms with Crippen molar-refractivity contribution in [3.63, 3.8) is 0 Å². The van der Waals surface area contributed by atoms with Crippen LogP contribution in [0.1, 0.15) is 6.92 Å². The Kier molecular flexibility index (Phi) is 2.55. The van der Waals surface area contributed by atoms with Crippen molar-refractivity contribution >= 4 is 12.2 Å². The summed E-state index contributed by atoms with van der Waals surface area (Å²) in [7, 11) is 0. The Bertz CT molecular complexity index is 181. The zero-order chi connectivity index (χ0) is 7.40. The lowest BCUT2D eigenvalue weighted by Gasteiger charge is -2.02. The molecule has 0 amide bonds. The molecule has 52 valence electrons. The second-order valence-corrected chi connectivity index (χ2v) is 2.72. The fourth-order valence-corrected chi connectivity index (χ4v) is 1.02. The molecule has 0 spiro atoms. The lowest BCUT2D eigenvalue weighted by atomic mass is 9.45. The van der Waals surface area contributed by atoms with Crippen LogP contribution in [0, 0.1) is 0 Å². The molecule has 0 saturated carbocycles. The summed E-state index contributed by atoms with van der Waals surface area (Å²) in [4.78, 5) is 0. The van der Waals surface area contributed by atoms with Crippen molar-refractivity contribution in [3.8, 4) is 0 Å². The van der Waals surface area contributed by atoms with Crippen molar-refractivity contribution in [2.45, 2.75) is 20.1 Å². The normalized spacial score (nSPS) is 9.40. The number of rotatable bonds is 2. The van der Waals surface area contributed by atoms with Crippen molar-refractivity contribution in [3.05, 3.63) is 30.3 Å². The van der Waals surface area contributed by atoms with Gasteiger partial charge in [0, 0.05) is 0 Å². The quantitative estimate of drug-likeness (QED) is 0.540. The van der Waals surface area contributed by atoms with Gasteiger partial charge in [0.1, 0.15) is 0 Å². The van der Waals surface area contributed by atoms with Gasteiger partial charge < -0.3 is 0 Å². The van der Waals surface area contributed by atoms with Gasteiger partial charge in [-0.2, -0.15) is 0 Å². The zero-order valence-electron chi connectivity index (χ0n) is 6.67. The number of benzene rings is 1. The predicted octanol–water partition coefficient (Wildman–Crippen LogP) is 2.04. The SMILES string of the molecule is CCB(C)c1ccccc1. The van der Waals surface area contributed by atoms with Gasteiger partial charge in [-0.15, -0.1) is 0 Å². The summed E-state index contributed by atoms with van der Waals surface area (Å²) in [5.74, 6) is 0. The fourth-order valence-electron chi connectivity index (χ4n) is 1.02. The van der Waals surface area contributed by atoms with Crippen LogP contribution in [-0.2, 0) is 0 Å². The molecule has 1 rings (SSSR count). The second kappa shape index (κ2) is 3.45. The molecule has 0 heterocycles. The predicted molar refractivity (Wildman–Crippen MR) is 48.2 cm³/mol. The highest BCUT2D eigenvalue weighted by atomic mass is 13.8. The van der Waals surface area contributed by atoms with E-state index in [1.807, 2.05) is 0 Å². The Morgan fingerprint density at radius 1 is 1.20 bits per heavy atom. The summed E-state index contributed by atoms with van der Waals surface area (Å²) in [5.41, 5.74) is 1.45. The highest BCUT2D eigenvalue weighted by Gasteiger charge is 2.03. The Balaban J connectivity index is 2.75. The lowest BCUT2D eigenvalue weighted by molar-refractivity contribution is 1.43. The van der Waals surface area contributed by atoms with Crippen LogP contribution in [0.15, 0.2) is 30.3 Å². The molecule has 0 unspecified atom stereocenters. The maximum atomic E-state index is 2.26. The Morgan fingerprint density at radius 2 is 1.80 bits per heavy atom. The largest absolute Gasteiger partial charge is 0.172 e. The molecule has 1 heteroatoms. The van der Waals surface area contributed by atoms with Crippen LogP contribution in [0.3, 0.4) is 0 Å². The van der Waals surface area contributed by atoms with Gasteiger partial charge in [0.15, 0.2) is 6.71 Å². The summed E-state index contributed by atoms with van der Waals surface area (Å²) in [6.07, 6.45) is 1.23. The van der Waals surface area contributed by atoms with Crippen molar-refractivity contribution in [1.29, 1.82) is 0 Å². The van der Waals surface area contributed by atoms with E-state index in [-0.39, 0.29) is 0 Å². The molecule has 0 atom stereocenters. The maximum Gasteiger partial charge on any atom is 0.172 e. The average molecular weight is 132 g/mol. The van der Waals surface area contributed by atoms with Crippen LogP contribution in [0.25, 0.3) is 0 Å². The van der Waals surface area contributed by atoms with Gasteiger partial charge in [-0.05, 0) is 0 Å². The summed E-state index contributed by atoms with van der Waals surface area (Å²) >= 11 is 0. The molecule has 0 aliphatic carbocycles. The summed E-state index contributed by atoms with van der Waals surface area (Å²) < 4.78 is 0.